The van der Waals surface area contributed by atoms with Crippen LogP contribution in [-0.2, 0) is 0 Å². The van der Waals surface area contributed by atoms with Crippen LogP contribution in [0.15, 0.2) is 22.9 Å². The minimum absolute atomic E-state index is 0.158. The highest BCUT2D eigenvalue weighted by molar-refractivity contribution is 5.73. The summed E-state index contributed by atoms with van der Waals surface area (Å²) in [5.41, 5.74) is 7.15. The molecule has 0 unspecified atom stereocenters. The fourth-order valence-electron chi connectivity index (χ4n) is 1.49. The zero-order valence-corrected chi connectivity index (χ0v) is 8.95. The Morgan fingerprint density at radius 3 is 2.75 bits per heavy atom. The van der Waals surface area contributed by atoms with Crippen LogP contribution in [0.3, 0.4) is 0 Å². The van der Waals surface area contributed by atoms with E-state index in [1.54, 1.807) is 13.0 Å². The van der Waals surface area contributed by atoms with Crippen molar-refractivity contribution in [1.29, 1.82) is 0 Å². The molecule has 0 fully saturated rings. The zero-order valence-electron chi connectivity index (χ0n) is 8.95. The van der Waals surface area contributed by atoms with Crippen LogP contribution in [0.1, 0.15) is 5.56 Å². The number of benzene rings is 1. The van der Waals surface area contributed by atoms with Gasteiger partial charge >= 0.3 is 0 Å². The Bertz CT molecular complexity index is 523. The summed E-state index contributed by atoms with van der Waals surface area (Å²) < 4.78 is 23.4. The molecule has 0 bridgehead atoms. The van der Waals surface area contributed by atoms with Gasteiger partial charge in [-0.2, -0.15) is 0 Å². The standard InChI is InChI=1S/C11H11FN2O2/c1-6-9(12)3-7(4-10(6)15-2)8-5-14-16-11(8)13/h3-5H,13H2,1-2H3. The lowest BCUT2D eigenvalue weighted by Gasteiger charge is -2.08. The minimum Gasteiger partial charge on any atom is -0.496 e. The summed E-state index contributed by atoms with van der Waals surface area (Å²) >= 11 is 0. The van der Waals surface area contributed by atoms with Gasteiger partial charge in [0.2, 0.25) is 5.88 Å². The topological polar surface area (TPSA) is 61.3 Å². The van der Waals surface area contributed by atoms with Gasteiger partial charge in [-0.05, 0) is 24.6 Å². The third kappa shape index (κ3) is 1.60. The first-order valence-electron chi connectivity index (χ1n) is 4.68. The van der Waals surface area contributed by atoms with Crippen LogP contribution in [-0.4, -0.2) is 12.3 Å². The van der Waals surface area contributed by atoms with Crippen LogP contribution in [0.4, 0.5) is 10.3 Å². The van der Waals surface area contributed by atoms with Crippen molar-refractivity contribution in [3.05, 3.63) is 29.7 Å². The van der Waals surface area contributed by atoms with Crippen molar-refractivity contribution in [3.63, 3.8) is 0 Å². The molecule has 1 aromatic carbocycles. The summed E-state index contributed by atoms with van der Waals surface area (Å²) in [4.78, 5) is 0. The van der Waals surface area contributed by atoms with E-state index in [1.807, 2.05) is 0 Å². The molecule has 1 aromatic heterocycles. The van der Waals surface area contributed by atoms with E-state index < -0.39 is 0 Å². The molecular weight excluding hydrogens is 211 g/mol. The number of nitrogen functional groups attached to an aromatic ring is 1. The zero-order chi connectivity index (χ0) is 11.7. The molecule has 4 nitrogen and oxygen atoms in total. The van der Waals surface area contributed by atoms with E-state index in [9.17, 15) is 4.39 Å². The van der Waals surface area contributed by atoms with Gasteiger partial charge in [-0.15, -0.1) is 0 Å². The van der Waals surface area contributed by atoms with Gasteiger partial charge < -0.3 is 15.0 Å². The molecule has 0 spiro atoms. The highest BCUT2D eigenvalue weighted by atomic mass is 19.1. The molecule has 2 N–H and O–H groups in total. The molecule has 2 rings (SSSR count). The molecule has 2 aromatic rings. The minimum atomic E-state index is -0.352. The van der Waals surface area contributed by atoms with Crippen molar-refractivity contribution in [1.82, 2.24) is 5.16 Å². The molecule has 0 saturated heterocycles. The van der Waals surface area contributed by atoms with Crippen LogP contribution >= 0.6 is 0 Å². The highest BCUT2D eigenvalue weighted by Crippen LogP contribution is 2.31. The molecule has 1 heterocycles. The maximum Gasteiger partial charge on any atom is 0.229 e. The van der Waals surface area contributed by atoms with Crippen LogP contribution < -0.4 is 10.5 Å². The third-order valence-electron chi connectivity index (χ3n) is 2.43. The lowest BCUT2D eigenvalue weighted by Crippen LogP contribution is -1.93. The monoisotopic (exact) mass is 222 g/mol. The maximum atomic E-state index is 13.6. The van der Waals surface area contributed by atoms with Gasteiger partial charge in [0.1, 0.15) is 11.6 Å². The SMILES string of the molecule is COc1cc(-c2cnoc2N)cc(F)c1C. The van der Waals surface area contributed by atoms with E-state index in [0.29, 0.717) is 22.4 Å². The lowest BCUT2D eigenvalue weighted by atomic mass is 10.1. The van der Waals surface area contributed by atoms with Crippen LogP contribution in [0.5, 0.6) is 5.75 Å². The molecule has 0 aliphatic heterocycles. The van der Waals surface area contributed by atoms with Gasteiger partial charge in [0, 0.05) is 5.56 Å². The maximum absolute atomic E-state index is 13.6. The Labute approximate surface area is 91.8 Å². The van der Waals surface area contributed by atoms with Gasteiger partial charge in [-0.3, -0.25) is 0 Å². The molecule has 0 amide bonds. The normalized spacial score (nSPS) is 10.4. The summed E-state index contributed by atoms with van der Waals surface area (Å²) in [6.07, 6.45) is 1.44. The number of aromatic nitrogens is 1. The van der Waals surface area contributed by atoms with Crippen molar-refractivity contribution in [2.45, 2.75) is 6.92 Å². The van der Waals surface area contributed by atoms with Crippen LogP contribution in [0.2, 0.25) is 0 Å². The number of halogens is 1. The number of anilines is 1. The van der Waals surface area contributed by atoms with E-state index in [4.69, 9.17) is 15.0 Å². The number of nitrogens with zero attached hydrogens (tertiary/aromatic N) is 1. The number of nitrogens with two attached hydrogens (primary N) is 1. The van der Waals surface area contributed by atoms with Crippen LogP contribution in [0.25, 0.3) is 11.1 Å². The third-order valence-corrected chi connectivity index (χ3v) is 2.43. The van der Waals surface area contributed by atoms with E-state index in [0.717, 1.165) is 0 Å². The van der Waals surface area contributed by atoms with Gasteiger partial charge in [0.25, 0.3) is 0 Å². The molecular formula is C11H11FN2O2. The number of hydrogen-bond acceptors (Lipinski definition) is 4. The highest BCUT2D eigenvalue weighted by Gasteiger charge is 2.12. The molecule has 0 atom stereocenters. The largest absolute Gasteiger partial charge is 0.496 e. The predicted octanol–water partition coefficient (Wildman–Crippen LogP) is 2.38. The molecule has 0 aliphatic carbocycles. The van der Waals surface area contributed by atoms with Gasteiger partial charge in [-0.1, -0.05) is 5.16 Å². The molecule has 16 heavy (non-hydrogen) atoms. The second-order valence-electron chi connectivity index (χ2n) is 3.39. The fraction of sp³-hybridized carbons (Fsp3) is 0.182. The van der Waals surface area contributed by atoms with Gasteiger partial charge in [-0.25, -0.2) is 4.39 Å². The van der Waals surface area contributed by atoms with Crippen LogP contribution in [0, 0.1) is 12.7 Å². The van der Waals surface area contributed by atoms with E-state index >= 15 is 0 Å². The Morgan fingerprint density at radius 2 is 2.19 bits per heavy atom. The predicted molar refractivity (Wildman–Crippen MR) is 57.6 cm³/mol. The Hall–Kier alpha value is -2.04. The summed E-state index contributed by atoms with van der Waals surface area (Å²) in [7, 11) is 1.49. The lowest BCUT2D eigenvalue weighted by molar-refractivity contribution is 0.407. The van der Waals surface area contributed by atoms with Crippen molar-refractivity contribution in [2.75, 3.05) is 12.8 Å². The number of rotatable bonds is 2. The summed E-state index contributed by atoms with van der Waals surface area (Å²) in [6, 6.07) is 3.07. The van der Waals surface area contributed by atoms with Gasteiger partial charge in [0.05, 0.1) is 18.9 Å². The smallest absolute Gasteiger partial charge is 0.229 e. The van der Waals surface area contributed by atoms with E-state index in [2.05, 4.69) is 5.16 Å². The van der Waals surface area contributed by atoms with Gasteiger partial charge in [0.15, 0.2) is 0 Å². The van der Waals surface area contributed by atoms with Crippen molar-refractivity contribution in [3.8, 4) is 16.9 Å². The first-order valence-corrected chi connectivity index (χ1v) is 4.68. The quantitative estimate of drug-likeness (QED) is 0.847. The molecule has 0 radical (unpaired) electrons. The Balaban J connectivity index is 2.59. The Kier molecular flexibility index (Phi) is 2.52. The number of methoxy groups -OCH3 is 1. The average Bonchev–Trinajstić information content (AvgIpc) is 2.68. The number of ether oxygens (including phenoxy) is 1. The Morgan fingerprint density at radius 1 is 1.44 bits per heavy atom. The number of hydrogen-bond donors (Lipinski definition) is 1. The summed E-state index contributed by atoms with van der Waals surface area (Å²) in [6.45, 7) is 1.65. The van der Waals surface area contributed by atoms with Crippen molar-refractivity contribution in [2.24, 2.45) is 0 Å². The molecule has 0 saturated carbocycles. The average molecular weight is 222 g/mol. The first-order chi connectivity index (χ1) is 7.63. The molecule has 5 heteroatoms. The van der Waals surface area contributed by atoms with Crippen molar-refractivity contribution < 1.29 is 13.7 Å². The summed E-state index contributed by atoms with van der Waals surface area (Å²) in [5, 5.41) is 3.54. The van der Waals surface area contributed by atoms with Crippen molar-refractivity contribution >= 4 is 5.88 Å². The van der Waals surface area contributed by atoms with E-state index in [-0.39, 0.29) is 11.7 Å². The molecule has 0 aliphatic rings. The van der Waals surface area contributed by atoms with E-state index in [1.165, 1.54) is 19.4 Å². The molecule has 84 valence electrons. The second-order valence-corrected chi connectivity index (χ2v) is 3.39. The summed E-state index contributed by atoms with van der Waals surface area (Å²) in [5.74, 6) is 0.274. The first kappa shape index (κ1) is 10.5. The second kappa shape index (κ2) is 3.84. The fourth-order valence-corrected chi connectivity index (χ4v) is 1.49.